The Balaban J connectivity index is 0.000000531. The van der Waals surface area contributed by atoms with Crippen LogP contribution in [-0.4, -0.2) is 61.3 Å². The Morgan fingerprint density at radius 3 is 2.53 bits per heavy atom. The van der Waals surface area contributed by atoms with Gasteiger partial charge >= 0.3 is 0 Å². The van der Waals surface area contributed by atoms with E-state index in [4.69, 9.17) is 4.74 Å². The molecule has 0 aromatic rings. The monoisotopic (exact) mass is 214 g/mol. The molecule has 2 rings (SSSR count). The van der Waals surface area contributed by atoms with Crippen molar-refractivity contribution >= 4 is 0 Å². The van der Waals surface area contributed by atoms with Gasteiger partial charge in [0.05, 0.1) is 13.2 Å². The molecular formula is C12H26N2O. The fraction of sp³-hybridized carbons (Fsp3) is 1.00. The molecule has 0 aromatic heterocycles. The summed E-state index contributed by atoms with van der Waals surface area (Å²) < 4.78 is 5.50. The lowest BCUT2D eigenvalue weighted by atomic mass is 10.1. The van der Waals surface area contributed by atoms with Crippen LogP contribution in [0.25, 0.3) is 0 Å². The summed E-state index contributed by atoms with van der Waals surface area (Å²) >= 11 is 0. The van der Waals surface area contributed by atoms with Crippen LogP contribution in [-0.2, 0) is 4.74 Å². The lowest BCUT2D eigenvalue weighted by molar-refractivity contribution is -0.0501. The van der Waals surface area contributed by atoms with Gasteiger partial charge in [-0.05, 0) is 13.8 Å². The minimum absolute atomic E-state index is 0.657. The first-order chi connectivity index (χ1) is 7.27. The van der Waals surface area contributed by atoms with Crippen molar-refractivity contribution in [2.45, 2.75) is 39.8 Å². The Kier molecular flexibility index (Phi) is 5.58. The molecule has 2 aliphatic heterocycles. The Labute approximate surface area is 94.4 Å². The van der Waals surface area contributed by atoms with Gasteiger partial charge in [-0.25, -0.2) is 0 Å². The largest absolute Gasteiger partial charge is 0.378 e. The van der Waals surface area contributed by atoms with E-state index in [1.807, 2.05) is 13.8 Å². The van der Waals surface area contributed by atoms with Crippen LogP contribution in [0.1, 0.15) is 27.7 Å². The number of rotatable bonds is 1. The molecule has 0 N–H and O–H groups in total. The number of nitrogens with zero attached hydrogens (tertiary/aromatic N) is 2. The van der Waals surface area contributed by atoms with Gasteiger partial charge in [0.1, 0.15) is 0 Å². The molecule has 0 saturated carbocycles. The predicted octanol–water partition coefficient (Wildman–Crippen LogP) is 1.44. The van der Waals surface area contributed by atoms with Gasteiger partial charge in [0.2, 0.25) is 0 Å². The van der Waals surface area contributed by atoms with Gasteiger partial charge in [0.25, 0.3) is 0 Å². The lowest BCUT2D eigenvalue weighted by Gasteiger charge is -2.45. The van der Waals surface area contributed by atoms with E-state index in [1.54, 1.807) is 0 Å². The van der Waals surface area contributed by atoms with Crippen molar-refractivity contribution in [1.82, 2.24) is 9.80 Å². The molecule has 3 nitrogen and oxygen atoms in total. The van der Waals surface area contributed by atoms with Crippen LogP contribution in [0.4, 0.5) is 0 Å². The van der Waals surface area contributed by atoms with Crippen molar-refractivity contribution in [3.63, 3.8) is 0 Å². The molecule has 1 atom stereocenters. The zero-order valence-corrected chi connectivity index (χ0v) is 10.7. The zero-order valence-electron chi connectivity index (χ0n) is 10.7. The topological polar surface area (TPSA) is 15.7 Å². The molecular weight excluding hydrogens is 188 g/mol. The molecule has 2 fully saturated rings. The third kappa shape index (κ3) is 3.44. The number of ether oxygens (including phenoxy) is 1. The SMILES string of the molecule is CC.CC(C)N1CCN2CCOC[C@@H]2C1. The van der Waals surface area contributed by atoms with Crippen molar-refractivity contribution in [2.75, 3.05) is 39.4 Å². The van der Waals surface area contributed by atoms with E-state index in [9.17, 15) is 0 Å². The summed E-state index contributed by atoms with van der Waals surface area (Å²) in [4.78, 5) is 5.12. The van der Waals surface area contributed by atoms with Gasteiger partial charge < -0.3 is 4.74 Å². The summed E-state index contributed by atoms with van der Waals surface area (Å²) in [6.07, 6.45) is 0. The second kappa shape index (κ2) is 6.46. The number of piperazine rings is 1. The van der Waals surface area contributed by atoms with Gasteiger partial charge in [0.15, 0.2) is 0 Å². The van der Waals surface area contributed by atoms with E-state index in [0.29, 0.717) is 12.1 Å². The minimum atomic E-state index is 0.657. The van der Waals surface area contributed by atoms with E-state index >= 15 is 0 Å². The van der Waals surface area contributed by atoms with Crippen molar-refractivity contribution in [2.24, 2.45) is 0 Å². The molecule has 15 heavy (non-hydrogen) atoms. The zero-order chi connectivity index (χ0) is 11.3. The highest BCUT2D eigenvalue weighted by Gasteiger charge is 2.30. The molecule has 0 radical (unpaired) electrons. The van der Waals surface area contributed by atoms with Crippen LogP contribution in [0.15, 0.2) is 0 Å². The van der Waals surface area contributed by atoms with Gasteiger partial charge in [-0.15, -0.1) is 0 Å². The first kappa shape index (κ1) is 12.9. The first-order valence-electron chi connectivity index (χ1n) is 6.33. The molecule has 0 amide bonds. The summed E-state index contributed by atoms with van der Waals surface area (Å²) in [7, 11) is 0. The Bertz CT molecular complexity index is 173. The van der Waals surface area contributed by atoms with E-state index in [-0.39, 0.29) is 0 Å². The molecule has 2 saturated heterocycles. The normalized spacial score (nSPS) is 28.2. The Morgan fingerprint density at radius 2 is 1.87 bits per heavy atom. The highest BCUT2D eigenvalue weighted by Crippen LogP contribution is 2.15. The van der Waals surface area contributed by atoms with Crippen molar-refractivity contribution < 1.29 is 4.74 Å². The lowest BCUT2D eigenvalue weighted by Crippen LogP contribution is -2.59. The standard InChI is InChI=1S/C10H20N2O.C2H6/c1-9(2)12-4-3-11-5-6-13-8-10(11)7-12;1-2/h9-10H,3-8H2,1-2H3;1-2H3/t10-;/m0./s1. The number of morpholine rings is 1. The smallest absolute Gasteiger partial charge is 0.0634 e. The first-order valence-corrected chi connectivity index (χ1v) is 6.33. The van der Waals surface area contributed by atoms with E-state index in [1.165, 1.54) is 19.6 Å². The molecule has 0 spiro atoms. The second-order valence-electron chi connectivity index (χ2n) is 4.35. The second-order valence-corrected chi connectivity index (χ2v) is 4.35. The maximum Gasteiger partial charge on any atom is 0.0634 e. The quantitative estimate of drug-likeness (QED) is 0.657. The van der Waals surface area contributed by atoms with E-state index in [0.717, 1.165) is 19.8 Å². The third-order valence-corrected chi connectivity index (χ3v) is 3.20. The molecule has 2 aliphatic rings. The number of hydrogen-bond donors (Lipinski definition) is 0. The summed E-state index contributed by atoms with van der Waals surface area (Å²) in [6, 6.07) is 1.34. The van der Waals surface area contributed by atoms with Crippen LogP contribution in [0.2, 0.25) is 0 Å². The van der Waals surface area contributed by atoms with Crippen LogP contribution < -0.4 is 0 Å². The Morgan fingerprint density at radius 1 is 1.13 bits per heavy atom. The molecule has 0 bridgehead atoms. The summed E-state index contributed by atoms with van der Waals surface area (Å²) in [5, 5.41) is 0. The number of hydrogen-bond acceptors (Lipinski definition) is 3. The van der Waals surface area contributed by atoms with E-state index in [2.05, 4.69) is 23.6 Å². The highest BCUT2D eigenvalue weighted by molar-refractivity contribution is 4.85. The molecule has 2 heterocycles. The summed E-state index contributed by atoms with van der Waals surface area (Å²) in [6.45, 7) is 15.2. The van der Waals surface area contributed by atoms with Crippen molar-refractivity contribution in [3.05, 3.63) is 0 Å². The molecule has 0 aromatic carbocycles. The van der Waals surface area contributed by atoms with Crippen molar-refractivity contribution in [1.29, 1.82) is 0 Å². The van der Waals surface area contributed by atoms with Crippen LogP contribution in [0, 0.1) is 0 Å². The third-order valence-electron chi connectivity index (χ3n) is 3.20. The summed E-state index contributed by atoms with van der Waals surface area (Å²) in [5.41, 5.74) is 0. The molecule has 90 valence electrons. The van der Waals surface area contributed by atoms with Crippen molar-refractivity contribution in [3.8, 4) is 0 Å². The van der Waals surface area contributed by atoms with Crippen LogP contribution >= 0.6 is 0 Å². The molecule has 0 aliphatic carbocycles. The fourth-order valence-electron chi connectivity index (χ4n) is 2.24. The van der Waals surface area contributed by atoms with E-state index < -0.39 is 0 Å². The highest BCUT2D eigenvalue weighted by atomic mass is 16.5. The number of fused-ring (bicyclic) bond motifs is 1. The predicted molar refractivity (Wildman–Crippen MR) is 64.2 cm³/mol. The average Bonchev–Trinajstić information content (AvgIpc) is 2.31. The van der Waals surface area contributed by atoms with Gasteiger partial charge in [0, 0.05) is 38.3 Å². The van der Waals surface area contributed by atoms with Gasteiger partial charge in [-0.2, -0.15) is 0 Å². The summed E-state index contributed by atoms with van der Waals surface area (Å²) in [5.74, 6) is 0. The van der Waals surface area contributed by atoms with Gasteiger partial charge in [-0.3, -0.25) is 9.80 Å². The maximum atomic E-state index is 5.50. The maximum absolute atomic E-state index is 5.50. The minimum Gasteiger partial charge on any atom is -0.378 e. The Hall–Kier alpha value is -0.120. The van der Waals surface area contributed by atoms with Gasteiger partial charge in [-0.1, -0.05) is 13.8 Å². The average molecular weight is 214 g/mol. The van der Waals surface area contributed by atoms with Crippen LogP contribution in [0.5, 0.6) is 0 Å². The molecule has 3 heteroatoms. The molecule has 0 unspecified atom stereocenters. The van der Waals surface area contributed by atoms with Crippen LogP contribution in [0.3, 0.4) is 0 Å². The fourth-order valence-corrected chi connectivity index (χ4v) is 2.24.